The summed E-state index contributed by atoms with van der Waals surface area (Å²) < 4.78 is 16.7. The molecule has 6 heteroatoms. The molecule has 0 bridgehead atoms. The van der Waals surface area contributed by atoms with Crippen LogP contribution in [0.15, 0.2) is 0 Å². The van der Waals surface area contributed by atoms with E-state index in [1.807, 2.05) is 0 Å². The molecule has 0 aromatic rings. The predicted molar refractivity (Wildman–Crippen MR) is 243 cm³/mol. The molecule has 6 nitrogen and oxygen atoms in total. The molecule has 1 atom stereocenters. The normalized spacial score (nSPS) is 11.9. The number of rotatable bonds is 46. The Hall–Kier alpha value is -1.59. The molecule has 57 heavy (non-hydrogen) atoms. The Labute approximate surface area is 355 Å². The van der Waals surface area contributed by atoms with Crippen LogP contribution >= 0.6 is 0 Å². The zero-order valence-corrected chi connectivity index (χ0v) is 38.8. The Kier molecular flexibility index (Phi) is 44.2. The van der Waals surface area contributed by atoms with Crippen LogP contribution in [0, 0.1) is 5.92 Å². The van der Waals surface area contributed by atoms with Crippen molar-refractivity contribution in [2.45, 2.75) is 291 Å². The first-order valence-electron chi connectivity index (χ1n) is 25.4. The Morgan fingerprint density at radius 1 is 0.333 bits per heavy atom. The molecule has 0 amide bonds. The second-order valence-corrected chi connectivity index (χ2v) is 17.9. The van der Waals surface area contributed by atoms with Gasteiger partial charge in [-0.1, -0.05) is 246 Å². The lowest BCUT2D eigenvalue weighted by atomic mass is 10.0. The summed E-state index contributed by atoms with van der Waals surface area (Å²) in [6.07, 6.45) is 46.9. The molecule has 0 unspecified atom stereocenters. The van der Waals surface area contributed by atoms with E-state index < -0.39 is 6.10 Å². The van der Waals surface area contributed by atoms with Crippen molar-refractivity contribution in [1.82, 2.24) is 0 Å². The van der Waals surface area contributed by atoms with Gasteiger partial charge in [0.1, 0.15) is 13.2 Å². The summed E-state index contributed by atoms with van der Waals surface area (Å²) in [5.41, 5.74) is 0. The molecule has 0 N–H and O–H groups in total. The third-order valence-corrected chi connectivity index (χ3v) is 11.5. The molecule has 0 aromatic heterocycles. The van der Waals surface area contributed by atoms with Crippen molar-refractivity contribution in [2.75, 3.05) is 13.2 Å². The molecule has 0 rings (SSSR count). The molecule has 0 radical (unpaired) electrons. The highest BCUT2D eigenvalue weighted by Crippen LogP contribution is 2.17. The number of unbranched alkanes of at least 4 members (excludes halogenated alkanes) is 33. The van der Waals surface area contributed by atoms with Gasteiger partial charge in [-0.15, -0.1) is 0 Å². The van der Waals surface area contributed by atoms with E-state index in [-0.39, 0.29) is 31.1 Å². The van der Waals surface area contributed by atoms with Crippen LogP contribution in [-0.2, 0) is 28.6 Å². The van der Waals surface area contributed by atoms with Crippen molar-refractivity contribution >= 4 is 17.9 Å². The van der Waals surface area contributed by atoms with E-state index in [1.54, 1.807) is 0 Å². The largest absolute Gasteiger partial charge is 0.462 e. The van der Waals surface area contributed by atoms with E-state index in [4.69, 9.17) is 14.2 Å². The summed E-state index contributed by atoms with van der Waals surface area (Å²) in [6, 6.07) is 0. The molecule has 0 aromatic carbocycles. The van der Waals surface area contributed by atoms with E-state index in [0.29, 0.717) is 19.3 Å². The van der Waals surface area contributed by atoms with Gasteiger partial charge >= 0.3 is 17.9 Å². The molecular formula is C51H98O6. The Morgan fingerprint density at radius 3 is 0.860 bits per heavy atom. The van der Waals surface area contributed by atoms with Gasteiger partial charge in [0.2, 0.25) is 0 Å². The van der Waals surface area contributed by atoms with Crippen molar-refractivity contribution in [2.24, 2.45) is 5.92 Å². The summed E-state index contributed by atoms with van der Waals surface area (Å²) in [5.74, 6) is -0.0208. The maximum atomic E-state index is 12.7. The summed E-state index contributed by atoms with van der Waals surface area (Å²) in [4.78, 5) is 37.6. The van der Waals surface area contributed by atoms with Gasteiger partial charge in [0.25, 0.3) is 0 Å². The number of hydrogen-bond acceptors (Lipinski definition) is 6. The molecule has 0 fully saturated rings. The Bertz CT molecular complexity index is 857. The van der Waals surface area contributed by atoms with Crippen LogP contribution in [0.1, 0.15) is 285 Å². The fourth-order valence-electron chi connectivity index (χ4n) is 7.69. The van der Waals surface area contributed by atoms with Gasteiger partial charge < -0.3 is 14.2 Å². The van der Waals surface area contributed by atoms with Gasteiger partial charge in [-0.05, 0) is 25.2 Å². The highest BCUT2D eigenvalue weighted by molar-refractivity contribution is 5.71. The molecule has 0 aliphatic rings. The molecule has 0 aliphatic carbocycles. The Morgan fingerprint density at radius 2 is 0.579 bits per heavy atom. The standard InChI is InChI=1S/C51H98O6/c1-5-7-9-11-12-13-14-15-16-17-18-19-22-26-29-32-36-40-44-51(54)57-48(45-55-49(52)42-38-33-10-8-6-2)46-56-50(53)43-39-35-31-28-25-23-20-21-24-27-30-34-37-41-47(3)4/h47-48H,5-46H2,1-4H3/t48-/m1/s1. The summed E-state index contributed by atoms with van der Waals surface area (Å²) in [6.45, 7) is 8.95. The van der Waals surface area contributed by atoms with Gasteiger partial charge in [-0.3, -0.25) is 14.4 Å². The van der Waals surface area contributed by atoms with Gasteiger partial charge in [-0.25, -0.2) is 0 Å². The molecule has 0 aliphatic heterocycles. The Balaban J connectivity index is 4.11. The number of hydrogen-bond donors (Lipinski definition) is 0. The van der Waals surface area contributed by atoms with Crippen LogP contribution in [0.5, 0.6) is 0 Å². The topological polar surface area (TPSA) is 78.9 Å². The lowest BCUT2D eigenvalue weighted by molar-refractivity contribution is -0.167. The van der Waals surface area contributed by atoms with Crippen LogP contribution in [-0.4, -0.2) is 37.2 Å². The van der Waals surface area contributed by atoms with Gasteiger partial charge in [-0.2, -0.15) is 0 Å². The number of esters is 3. The van der Waals surface area contributed by atoms with E-state index in [9.17, 15) is 14.4 Å². The third-order valence-electron chi connectivity index (χ3n) is 11.5. The van der Waals surface area contributed by atoms with Crippen molar-refractivity contribution in [1.29, 1.82) is 0 Å². The molecule has 0 heterocycles. The maximum absolute atomic E-state index is 12.7. The van der Waals surface area contributed by atoms with Crippen LogP contribution in [0.2, 0.25) is 0 Å². The summed E-state index contributed by atoms with van der Waals surface area (Å²) >= 11 is 0. The SMILES string of the molecule is CCCCCCCCCCCCCCCCCCCCC(=O)O[C@H](COC(=O)CCCCCCC)COC(=O)CCCCCCCCCCCCCCCC(C)C. The average molecular weight is 807 g/mol. The molecule has 0 saturated heterocycles. The lowest BCUT2D eigenvalue weighted by Gasteiger charge is -2.18. The average Bonchev–Trinajstić information content (AvgIpc) is 3.19. The van der Waals surface area contributed by atoms with Crippen LogP contribution in [0.4, 0.5) is 0 Å². The summed E-state index contributed by atoms with van der Waals surface area (Å²) in [5, 5.41) is 0. The second-order valence-electron chi connectivity index (χ2n) is 17.9. The smallest absolute Gasteiger partial charge is 0.306 e. The van der Waals surface area contributed by atoms with E-state index in [0.717, 1.165) is 70.1 Å². The number of carbonyl (C=O) groups is 3. The fraction of sp³-hybridized carbons (Fsp3) is 0.941. The molecule has 338 valence electrons. The highest BCUT2D eigenvalue weighted by Gasteiger charge is 2.19. The maximum Gasteiger partial charge on any atom is 0.306 e. The minimum absolute atomic E-state index is 0.0641. The zero-order valence-electron chi connectivity index (χ0n) is 38.8. The van der Waals surface area contributed by atoms with Crippen LogP contribution in [0.3, 0.4) is 0 Å². The van der Waals surface area contributed by atoms with Gasteiger partial charge in [0.15, 0.2) is 6.10 Å². The van der Waals surface area contributed by atoms with E-state index >= 15 is 0 Å². The van der Waals surface area contributed by atoms with Crippen molar-refractivity contribution < 1.29 is 28.6 Å². The van der Waals surface area contributed by atoms with Gasteiger partial charge in [0.05, 0.1) is 0 Å². The van der Waals surface area contributed by atoms with Crippen molar-refractivity contribution in [3.63, 3.8) is 0 Å². The minimum Gasteiger partial charge on any atom is -0.462 e. The second kappa shape index (κ2) is 45.5. The predicted octanol–water partition coefficient (Wildman–Crippen LogP) is 16.3. The lowest BCUT2D eigenvalue weighted by Crippen LogP contribution is -2.30. The monoisotopic (exact) mass is 807 g/mol. The molecule has 0 spiro atoms. The first-order valence-corrected chi connectivity index (χ1v) is 25.4. The highest BCUT2D eigenvalue weighted by atomic mass is 16.6. The quantitative estimate of drug-likeness (QED) is 0.0346. The van der Waals surface area contributed by atoms with E-state index in [1.165, 1.54) is 173 Å². The minimum atomic E-state index is -0.758. The van der Waals surface area contributed by atoms with E-state index in [2.05, 4.69) is 27.7 Å². The number of carbonyl (C=O) groups excluding carboxylic acids is 3. The zero-order chi connectivity index (χ0) is 41.7. The summed E-state index contributed by atoms with van der Waals surface area (Å²) in [7, 11) is 0. The first-order chi connectivity index (χ1) is 27.9. The molecular weight excluding hydrogens is 709 g/mol. The van der Waals surface area contributed by atoms with Crippen molar-refractivity contribution in [3.05, 3.63) is 0 Å². The fourth-order valence-corrected chi connectivity index (χ4v) is 7.69. The number of ether oxygens (including phenoxy) is 3. The van der Waals surface area contributed by atoms with Crippen LogP contribution < -0.4 is 0 Å². The van der Waals surface area contributed by atoms with Crippen LogP contribution in [0.25, 0.3) is 0 Å². The van der Waals surface area contributed by atoms with Gasteiger partial charge in [0, 0.05) is 19.3 Å². The first kappa shape index (κ1) is 55.4. The third kappa shape index (κ3) is 45.3. The van der Waals surface area contributed by atoms with Crippen molar-refractivity contribution in [3.8, 4) is 0 Å². The molecule has 0 saturated carbocycles.